The number of carbonyl (C=O) groups is 2. The van der Waals surface area contributed by atoms with E-state index in [9.17, 15) is 14.0 Å². The molecule has 5 heteroatoms. The van der Waals surface area contributed by atoms with Gasteiger partial charge >= 0.3 is 5.97 Å². The number of amides is 1. The highest BCUT2D eigenvalue weighted by molar-refractivity contribution is 5.96. The molecule has 1 heterocycles. The van der Waals surface area contributed by atoms with Gasteiger partial charge in [-0.1, -0.05) is 0 Å². The lowest BCUT2D eigenvalue weighted by atomic mass is 10.1. The van der Waals surface area contributed by atoms with Crippen LogP contribution in [0.15, 0.2) is 18.2 Å². The van der Waals surface area contributed by atoms with E-state index in [2.05, 4.69) is 4.74 Å². The van der Waals surface area contributed by atoms with Crippen molar-refractivity contribution in [2.24, 2.45) is 0 Å². The molecule has 0 fully saturated rings. The van der Waals surface area contributed by atoms with Crippen molar-refractivity contribution in [1.29, 1.82) is 0 Å². The first kappa shape index (κ1) is 12.5. The van der Waals surface area contributed by atoms with Gasteiger partial charge in [-0.3, -0.25) is 9.59 Å². The SMILES string of the molecule is COC(=O)CCC(=O)N1CCc2cc(F)ccc21. The minimum absolute atomic E-state index is 0.0718. The van der Waals surface area contributed by atoms with Crippen LogP contribution in [0, 0.1) is 5.82 Å². The summed E-state index contributed by atoms with van der Waals surface area (Å²) in [4.78, 5) is 24.5. The summed E-state index contributed by atoms with van der Waals surface area (Å²) in [6.45, 7) is 0.540. The second kappa shape index (κ2) is 5.16. The van der Waals surface area contributed by atoms with E-state index in [1.54, 1.807) is 11.0 Å². The van der Waals surface area contributed by atoms with E-state index in [0.717, 1.165) is 11.3 Å². The molecule has 0 radical (unpaired) electrons. The number of hydrogen-bond donors (Lipinski definition) is 0. The zero-order valence-corrected chi connectivity index (χ0v) is 10.1. The molecule has 0 spiro atoms. The number of hydrogen-bond acceptors (Lipinski definition) is 3. The summed E-state index contributed by atoms with van der Waals surface area (Å²) in [5.41, 5.74) is 1.58. The minimum atomic E-state index is -0.401. The Morgan fingerprint density at radius 3 is 2.89 bits per heavy atom. The minimum Gasteiger partial charge on any atom is -0.469 e. The first-order valence-corrected chi connectivity index (χ1v) is 5.77. The second-order valence-electron chi connectivity index (χ2n) is 4.14. The Bertz CT molecular complexity index is 487. The Morgan fingerprint density at radius 1 is 1.39 bits per heavy atom. The van der Waals surface area contributed by atoms with E-state index in [0.29, 0.717) is 13.0 Å². The molecule has 4 nitrogen and oxygen atoms in total. The fourth-order valence-corrected chi connectivity index (χ4v) is 2.08. The number of carbonyl (C=O) groups excluding carboxylic acids is 2. The molecule has 2 rings (SSSR count). The second-order valence-corrected chi connectivity index (χ2v) is 4.14. The number of nitrogens with zero attached hydrogens (tertiary/aromatic N) is 1. The fourth-order valence-electron chi connectivity index (χ4n) is 2.08. The highest BCUT2D eigenvalue weighted by atomic mass is 19.1. The molecule has 0 saturated carbocycles. The van der Waals surface area contributed by atoms with Crippen LogP contribution in [-0.4, -0.2) is 25.5 Å². The molecule has 0 saturated heterocycles. The van der Waals surface area contributed by atoms with Gasteiger partial charge in [0, 0.05) is 18.7 Å². The van der Waals surface area contributed by atoms with Crippen molar-refractivity contribution in [2.75, 3.05) is 18.6 Å². The third kappa shape index (κ3) is 2.50. The van der Waals surface area contributed by atoms with Crippen molar-refractivity contribution >= 4 is 17.6 Å². The van der Waals surface area contributed by atoms with Crippen molar-refractivity contribution in [2.45, 2.75) is 19.3 Å². The maximum absolute atomic E-state index is 13.0. The summed E-state index contributed by atoms with van der Waals surface area (Å²) >= 11 is 0. The molecule has 18 heavy (non-hydrogen) atoms. The molecule has 0 aliphatic carbocycles. The predicted octanol–water partition coefficient (Wildman–Crippen LogP) is 1.67. The molecular weight excluding hydrogens is 237 g/mol. The maximum Gasteiger partial charge on any atom is 0.306 e. The van der Waals surface area contributed by atoms with Crippen molar-refractivity contribution in [3.05, 3.63) is 29.6 Å². The quantitative estimate of drug-likeness (QED) is 0.768. The Labute approximate surface area is 104 Å². The van der Waals surface area contributed by atoms with Crippen molar-refractivity contribution in [1.82, 2.24) is 0 Å². The van der Waals surface area contributed by atoms with Crippen LogP contribution in [0.5, 0.6) is 0 Å². The summed E-state index contributed by atoms with van der Waals surface area (Å²) in [5, 5.41) is 0. The Morgan fingerprint density at radius 2 is 2.17 bits per heavy atom. The van der Waals surface area contributed by atoms with E-state index in [1.165, 1.54) is 19.2 Å². The van der Waals surface area contributed by atoms with Gasteiger partial charge in [0.2, 0.25) is 5.91 Å². The molecule has 1 amide bonds. The van der Waals surface area contributed by atoms with E-state index in [-0.39, 0.29) is 24.6 Å². The molecule has 1 aromatic carbocycles. The number of ether oxygens (including phenoxy) is 1. The van der Waals surface area contributed by atoms with Crippen molar-refractivity contribution in [3.8, 4) is 0 Å². The van der Waals surface area contributed by atoms with Crippen LogP contribution >= 0.6 is 0 Å². The van der Waals surface area contributed by atoms with E-state index in [1.807, 2.05) is 0 Å². The summed E-state index contributed by atoms with van der Waals surface area (Å²) in [7, 11) is 1.29. The first-order valence-electron chi connectivity index (χ1n) is 5.77. The summed E-state index contributed by atoms with van der Waals surface area (Å²) < 4.78 is 17.5. The molecule has 96 valence electrons. The highest BCUT2D eigenvalue weighted by Crippen LogP contribution is 2.29. The van der Waals surface area contributed by atoms with E-state index < -0.39 is 5.97 Å². The van der Waals surface area contributed by atoms with E-state index >= 15 is 0 Å². The van der Waals surface area contributed by atoms with Crippen molar-refractivity contribution in [3.63, 3.8) is 0 Å². The average molecular weight is 251 g/mol. The lowest BCUT2D eigenvalue weighted by Crippen LogP contribution is -2.29. The molecular formula is C13H14FNO3. The van der Waals surface area contributed by atoms with Gasteiger partial charge in [-0.2, -0.15) is 0 Å². The number of esters is 1. The molecule has 1 aliphatic rings. The standard InChI is InChI=1S/C13H14FNO3/c1-18-13(17)5-4-12(16)15-7-6-9-8-10(14)2-3-11(9)15/h2-3,8H,4-7H2,1H3. The van der Waals surface area contributed by atoms with Crippen LogP contribution in [0.3, 0.4) is 0 Å². The van der Waals surface area contributed by atoms with Crippen LogP contribution in [0.2, 0.25) is 0 Å². The topological polar surface area (TPSA) is 46.6 Å². The van der Waals surface area contributed by atoms with Gasteiger partial charge in [-0.15, -0.1) is 0 Å². The van der Waals surface area contributed by atoms with Gasteiger partial charge < -0.3 is 9.64 Å². The molecule has 0 bridgehead atoms. The van der Waals surface area contributed by atoms with Gasteiger partial charge in [-0.05, 0) is 30.2 Å². The van der Waals surface area contributed by atoms with Crippen LogP contribution in [0.4, 0.5) is 10.1 Å². The molecule has 0 N–H and O–H groups in total. The molecule has 0 unspecified atom stereocenters. The average Bonchev–Trinajstić information content (AvgIpc) is 2.78. The van der Waals surface area contributed by atoms with Crippen molar-refractivity contribution < 1.29 is 18.7 Å². The smallest absolute Gasteiger partial charge is 0.306 e. The van der Waals surface area contributed by atoms with Crippen LogP contribution in [-0.2, 0) is 20.7 Å². The van der Waals surface area contributed by atoms with Gasteiger partial charge in [0.05, 0.1) is 13.5 Å². The Kier molecular flexibility index (Phi) is 3.60. The largest absolute Gasteiger partial charge is 0.469 e. The third-order valence-electron chi connectivity index (χ3n) is 3.01. The number of halogens is 1. The van der Waals surface area contributed by atoms with Crippen LogP contribution in [0.1, 0.15) is 18.4 Å². The lowest BCUT2D eigenvalue weighted by molar-refractivity contribution is -0.141. The molecule has 1 aliphatic heterocycles. The number of fused-ring (bicyclic) bond motifs is 1. The fraction of sp³-hybridized carbons (Fsp3) is 0.385. The summed E-state index contributed by atoms with van der Waals surface area (Å²) in [5.74, 6) is -0.828. The molecule has 0 atom stereocenters. The third-order valence-corrected chi connectivity index (χ3v) is 3.01. The van der Waals surface area contributed by atoms with Crippen LogP contribution in [0.25, 0.3) is 0 Å². The Balaban J connectivity index is 2.04. The zero-order valence-electron chi connectivity index (χ0n) is 10.1. The van der Waals surface area contributed by atoms with Gasteiger partial charge in [0.15, 0.2) is 0 Å². The maximum atomic E-state index is 13.0. The van der Waals surface area contributed by atoms with E-state index in [4.69, 9.17) is 0 Å². The van der Waals surface area contributed by atoms with Gasteiger partial charge in [0.25, 0.3) is 0 Å². The van der Waals surface area contributed by atoms with Gasteiger partial charge in [0.1, 0.15) is 5.82 Å². The molecule has 1 aromatic rings. The monoisotopic (exact) mass is 251 g/mol. The zero-order chi connectivity index (χ0) is 13.1. The predicted molar refractivity (Wildman–Crippen MR) is 63.7 cm³/mol. The number of benzene rings is 1. The lowest BCUT2D eigenvalue weighted by Gasteiger charge is -2.16. The van der Waals surface area contributed by atoms with Crippen LogP contribution < -0.4 is 4.90 Å². The van der Waals surface area contributed by atoms with Gasteiger partial charge in [-0.25, -0.2) is 4.39 Å². The highest BCUT2D eigenvalue weighted by Gasteiger charge is 2.25. The normalized spacial score (nSPS) is 13.3. The number of methoxy groups -OCH3 is 1. The first-order chi connectivity index (χ1) is 8.61. The Hall–Kier alpha value is -1.91. The summed E-state index contributed by atoms with van der Waals surface area (Å²) in [6.07, 6.45) is 0.836. The number of rotatable bonds is 3. The number of anilines is 1. The molecule has 0 aromatic heterocycles. The summed E-state index contributed by atoms with van der Waals surface area (Å²) in [6, 6.07) is 4.39.